The Hall–Kier alpha value is -0.790. The van der Waals surface area contributed by atoms with Gasteiger partial charge in [0.2, 0.25) is 0 Å². The molecule has 0 bridgehead atoms. The molecular weight excluding hydrogens is 412 g/mol. The van der Waals surface area contributed by atoms with Crippen molar-refractivity contribution in [1.82, 2.24) is 4.57 Å². The van der Waals surface area contributed by atoms with Crippen LogP contribution in [0.1, 0.15) is 181 Å². The molecule has 0 N–H and O–H groups in total. The molecule has 0 aliphatic heterocycles. The van der Waals surface area contributed by atoms with Crippen molar-refractivity contribution in [1.29, 1.82) is 0 Å². The van der Waals surface area contributed by atoms with Crippen LogP contribution in [0.3, 0.4) is 0 Å². The van der Waals surface area contributed by atoms with Crippen LogP contribution in [-0.4, -0.2) is 4.57 Å². The second-order valence-corrected chi connectivity index (χ2v) is 11.2. The SMILES string of the molecule is CCCCCCCCCCCCCCCCCc1n(CCCCCCCCC)cc[n+]1C(C)C. The van der Waals surface area contributed by atoms with Gasteiger partial charge in [-0.25, -0.2) is 9.13 Å². The first kappa shape index (κ1) is 31.2. The second kappa shape index (κ2) is 22.7. The lowest BCUT2D eigenvalue weighted by Crippen LogP contribution is -2.39. The third-order valence-corrected chi connectivity index (χ3v) is 7.60. The molecule has 200 valence electrons. The van der Waals surface area contributed by atoms with Gasteiger partial charge >= 0.3 is 0 Å². The monoisotopic (exact) mass is 475 g/mol. The van der Waals surface area contributed by atoms with Crippen molar-refractivity contribution in [3.05, 3.63) is 18.2 Å². The topological polar surface area (TPSA) is 8.81 Å². The van der Waals surface area contributed by atoms with Crippen LogP contribution in [0.5, 0.6) is 0 Å². The molecule has 1 aromatic rings. The zero-order valence-electron chi connectivity index (χ0n) is 24.1. The first-order chi connectivity index (χ1) is 16.7. The normalized spacial score (nSPS) is 11.7. The lowest BCUT2D eigenvalue weighted by molar-refractivity contribution is -0.722. The Labute approximate surface area is 215 Å². The second-order valence-electron chi connectivity index (χ2n) is 11.2. The molecule has 0 fully saturated rings. The van der Waals surface area contributed by atoms with Crippen LogP contribution in [-0.2, 0) is 13.0 Å². The predicted octanol–water partition coefficient (Wildman–Crippen LogP) is 10.5. The Bertz CT molecular complexity index is 545. The minimum absolute atomic E-state index is 0.571. The molecule has 0 aromatic carbocycles. The molecule has 2 heteroatoms. The van der Waals surface area contributed by atoms with Gasteiger partial charge in [0.1, 0.15) is 12.4 Å². The summed E-state index contributed by atoms with van der Waals surface area (Å²) in [5, 5.41) is 0. The summed E-state index contributed by atoms with van der Waals surface area (Å²) in [6, 6.07) is 0.571. The van der Waals surface area contributed by atoms with Gasteiger partial charge in [0.25, 0.3) is 5.82 Å². The summed E-state index contributed by atoms with van der Waals surface area (Å²) in [4.78, 5) is 0. The molecule has 0 unspecified atom stereocenters. The minimum atomic E-state index is 0.571. The van der Waals surface area contributed by atoms with E-state index in [1.807, 2.05) is 0 Å². The Morgan fingerprint density at radius 1 is 0.559 bits per heavy atom. The van der Waals surface area contributed by atoms with E-state index >= 15 is 0 Å². The number of hydrogen-bond donors (Lipinski definition) is 0. The van der Waals surface area contributed by atoms with Gasteiger partial charge < -0.3 is 0 Å². The van der Waals surface area contributed by atoms with Crippen molar-refractivity contribution >= 4 is 0 Å². The predicted molar refractivity (Wildman–Crippen MR) is 152 cm³/mol. The van der Waals surface area contributed by atoms with Crippen molar-refractivity contribution in [3.63, 3.8) is 0 Å². The highest BCUT2D eigenvalue weighted by Gasteiger charge is 2.18. The van der Waals surface area contributed by atoms with Gasteiger partial charge in [-0.05, 0) is 33.1 Å². The van der Waals surface area contributed by atoms with Crippen LogP contribution in [0.2, 0.25) is 0 Å². The van der Waals surface area contributed by atoms with Gasteiger partial charge in [0.05, 0.1) is 12.6 Å². The summed E-state index contributed by atoms with van der Waals surface area (Å²) in [6.45, 7) is 10.5. The van der Waals surface area contributed by atoms with E-state index in [9.17, 15) is 0 Å². The third-order valence-electron chi connectivity index (χ3n) is 7.60. The minimum Gasteiger partial charge on any atom is -0.234 e. The van der Waals surface area contributed by atoms with E-state index in [1.54, 1.807) is 5.82 Å². The van der Waals surface area contributed by atoms with Crippen molar-refractivity contribution in [2.24, 2.45) is 0 Å². The number of aromatic nitrogens is 2. The van der Waals surface area contributed by atoms with Gasteiger partial charge in [-0.3, -0.25) is 0 Å². The summed E-state index contributed by atoms with van der Waals surface area (Å²) >= 11 is 0. The Kier molecular flexibility index (Phi) is 20.8. The summed E-state index contributed by atoms with van der Waals surface area (Å²) < 4.78 is 5.08. The Morgan fingerprint density at radius 3 is 1.35 bits per heavy atom. The number of unbranched alkanes of at least 4 members (excludes halogenated alkanes) is 20. The summed E-state index contributed by atoms with van der Waals surface area (Å²) in [5.74, 6) is 1.57. The fraction of sp³-hybridized carbons (Fsp3) is 0.906. The van der Waals surface area contributed by atoms with Crippen molar-refractivity contribution in [2.45, 2.75) is 188 Å². The number of hydrogen-bond acceptors (Lipinski definition) is 0. The third kappa shape index (κ3) is 16.0. The molecule has 0 aliphatic carbocycles. The fourth-order valence-corrected chi connectivity index (χ4v) is 5.31. The van der Waals surface area contributed by atoms with E-state index in [0.29, 0.717) is 6.04 Å². The largest absolute Gasteiger partial charge is 0.256 e. The van der Waals surface area contributed by atoms with Crippen LogP contribution in [0.4, 0.5) is 0 Å². The number of rotatable bonds is 25. The van der Waals surface area contributed by atoms with E-state index in [2.05, 4.69) is 49.2 Å². The maximum absolute atomic E-state index is 2.57. The van der Waals surface area contributed by atoms with E-state index in [1.165, 1.54) is 154 Å². The van der Waals surface area contributed by atoms with Crippen molar-refractivity contribution in [2.75, 3.05) is 0 Å². The van der Waals surface area contributed by atoms with Gasteiger partial charge in [0, 0.05) is 6.42 Å². The lowest BCUT2D eigenvalue weighted by atomic mass is 10.0. The molecule has 0 spiro atoms. The van der Waals surface area contributed by atoms with E-state index in [0.717, 1.165) is 0 Å². The molecule has 0 atom stereocenters. The van der Waals surface area contributed by atoms with Gasteiger partial charge in [0.15, 0.2) is 0 Å². The molecule has 0 saturated heterocycles. The molecule has 1 heterocycles. The molecule has 1 aromatic heterocycles. The highest BCUT2D eigenvalue weighted by atomic mass is 15.2. The zero-order chi connectivity index (χ0) is 24.7. The molecule has 2 nitrogen and oxygen atoms in total. The Morgan fingerprint density at radius 2 is 0.941 bits per heavy atom. The molecule has 1 rings (SSSR count). The lowest BCUT2D eigenvalue weighted by Gasteiger charge is -2.08. The summed E-state index contributed by atoms with van der Waals surface area (Å²) in [6.07, 6.45) is 37.3. The average molecular weight is 476 g/mol. The van der Waals surface area contributed by atoms with E-state index < -0.39 is 0 Å². The molecule has 34 heavy (non-hydrogen) atoms. The maximum Gasteiger partial charge on any atom is 0.256 e. The molecule has 0 aliphatic rings. The first-order valence-electron chi connectivity index (χ1n) is 15.8. The zero-order valence-corrected chi connectivity index (χ0v) is 24.1. The number of aryl methyl sites for hydroxylation is 1. The van der Waals surface area contributed by atoms with Crippen LogP contribution in [0.25, 0.3) is 0 Å². The van der Waals surface area contributed by atoms with E-state index in [4.69, 9.17) is 0 Å². The van der Waals surface area contributed by atoms with Crippen LogP contribution < -0.4 is 4.57 Å². The maximum atomic E-state index is 2.57. The smallest absolute Gasteiger partial charge is 0.234 e. The van der Waals surface area contributed by atoms with Gasteiger partial charge in [-0.15, -0.1) is 0 Å². The summed E-state index contributed by atoms with van der Waals surface area (Å²) in [5.41, 5.74) is 0. The van der Waals surface area contributed by atoms with Gasteiger partial charge in [-0.1, -0.05) is 136 Å². The highest BCUT2D eigenvalue weighted by molar-refractivity contribution is 4.85. The number of nitrogens with zero attached hydrogens (tertiary/aromatic N) is 2. The van der Waals surface area contributed by atoms with E-state index in [-0.39, 0.29) is 0 Å². The average Bonchev–Trinajstić information content (AvgIpc) is 3.24. The van der Waals surface area contributed by atoms with Crippen LogP contribution >= 0.6 is 0 Å². The number of imidazole rings is 1. The molecular formula is C32H63N2+. The fourth-order valence-electron chi connectivity index (χ4n) is 5.31. The van der Waals surface area contributed by atoms with Crippen LogP contribution in [0, 0.1) is 0 Å². The Balaban J connectivity index is 2.08. The molecule has 0 amide bonds. The standard InChI is InChI=1S/C32H63N2/c1-5-7-9-11-13-14-15-16-17-18-19-20-21-23-25-27-32-33(29-30-34(32)31(3)4)28-26-24-22-12-10-8-6-2/h29-31H,5-28H2,1-4H3/q+1. The highest BCUT2D eigenvalue weighted by Crippen LogP contribution is 2.15. The van der Waals surface area contributed by atoms with Crippen molar-refractivity contribution < 1.29 is 4.57 Å². The first-order valence-corrected chi connectivity index (χ1v) is 15.8. The van der Waals surface area contributed by atoms with Crippen LogP contribution in [0.15, 0.2) is 12.4 Å². The summed E-state index contributed by atoms with van der Waals surface area (Å²) in [7, 11) is 0. The molecule has 0 radical (unpaired) electrons. The quantitative estimate of drug-likeness (QED) is 0.0981. The molecule has 0 saturated carbocycles. The van der Waals surface area contributed by atoms with Gasteiger partial charge in [-0.2, -0.15) is 0 Å². The van der Waals surface area contributed by atoms with Crippen molar-refractivity contribution in [3.8, 4) is 0 Å².